The minimum absolute atomic E-state index is 0.312. The lowest BCUT2D eigenvalue weighted by atomic mass is 10.1. The Bertz CT molecular complexity index is 39.1. The van der Waals surface area contributed by atoms with Gasteiger partial charge in [-0.2, -0.15) is 0 Å². The summed E-state index contributed by atoms with van der Waals surface area (Å²) in [5, 5.41) is 9.34. The van der Waals surface area contributed by atoms with Gasteiger partial charge >= 0.3 is 0 Å². The van der Waals surface area contributed by atoms with Crippen molar-refractivity contribution in [1.29, 1.82) is 0 Å². The van der Waals surface area contributed by atoms with Crippen molar-refractivity contribution >= 4 is 15.9 Å². The Hall–Kier alpha value is 0.440. The fourth-order valence-corrected chi connectivity index (χ4v) is 0.621. The minimum atomic E-state index is 0.312. The number of alkyl halides is 1. The molecule has 0 fully saturated rings. The van der Waals surface area contributed by atoms with Crippen LogP contribution in [0.1, 0.15) is 13.3 Å². The van der Waals surface area contributed by atoms with Gasteiger partial charge in [0.15, 0.2) is 0 Å². The molecule has 0 aliphatic heterocycles. The van der Waals surface area contributed by atoms with Crippen molar-refractivity contribution in [2.75, 3.05) is 11.9 Å². The highest BCUT2D eigenvalue weighted by Crippen LogP contribution is 2.02. The van der Waals surface area contributed by atoms with Crippen molar-refractivity contribution in [3.05, 3.63) is 0 Å². The molecule has 0 aliphatic carbocycles. The average molecular weight is 167 g/mol. The lowest BCUT2D eigenvalue weighted by Crippen LogP contribution is -1.97. The van der Waals surface area contributed by atoms with E-state index in [9.17, 15) is 0 Å². The molecule has 0 aromatic rings. The second-order valence-corrected chi connectivity index (χ2v) is 2.42. The summed E-state index contributed by atoms with van der Waals surface area (Å²) in [5.74, 6) is 0.616. The van der Waals surface area contributed by atoms with Gasteiger partial charge in [-0.25, -0.2) is 0 Å². The Balaban J connectivity index is 2.83. The molecule has 0 rings (SSSR count). The van der Waals surface area contributed by atoms with Gasteiger partial charge in [-0.1, -0.05) is 22.9 Å². The lowest BCUT2D eigenvalue weighted by molar-refractivity contribution is 0.269. The molecule has 0 amide bonds. The first-order valence-electron chi connectivity index (χ1n) is 2.48. The number of hydrogen-bond donors (Lipinski definition) is 1. The highest BCUT2D eigenvalue weighted by atomic mass is 79.9. The molecule has 0 aromatic carbocycles. The molecular weight excluding hydrogens is 156 g/mol. The predicted octanol–water partition coefficient (Wildman–Crippen LogP) is 1.40. The first kappa shape index (κ1) is 7.44. The van der Waals surface area contributed by atoms with Crippen molar-refractivity contribution < 1.29 is 5.11 Å². The van der Waals surface area contributed by atoms with Crippen LogP contribution in [-0.2, 0) is 0 Å². The fraction of sp³-hybridized carbons (Fsp3) is 1.00. The van der Waals surface area contributed by atoms with Gasteiger partial charge in [0.25, 0.3) is 0 Å². The Morgan fingerprint density at radius 3 is 2.43 bits per heavy atom. The number of aliphatic hydroxyl groups excluding tert-OH is 1. The quantitative estimate of drug-likeness (QED) is 0.630. The average Bonchev–Trinajstić information content (AvgIpc) is 1.68. The third-order valence-corrected chi connectivity index (χ3v) is 1.99. The van der Waals surface area contributed by atoms with E-state index in [1.807, 2.05) is 0 Å². The van der Waals surface area contributed by atoms with E-state index in [1.54, 1.807) is 0 Å². The van der Waals surface area contributed by atoms with Crippen LogP contribution < -0.4 is 0 Å². The highest BCUT2D eigenvalue weighted by Gasteiger charge is 1.94. The molecule has 0 heterocycles. The standard InChI is InChI=1S/C5H11BrO/c1-5(4-6)2-3-7/h5,7H,2-4H2,1H3. The van der Waals surface area contributed by atoms with E-state index >= 15 is 0 Å². The van der Waals surface area contributed by atoms with Crippen molar-refractivity contribution in [2.24, 2.45) is 5.92 Å². The summed E-state index contributed by atoms with van der Waals surface area (Å²) in [6, 6.07) is 0. The van der Waals surface area contributed by atoms with Crippen LogP contribution in [-0.4, -0.2) is 17.0 Å². The van der Waals surface area contributed by atoms with Crippen LogP contribution in [0.5, 0.6) is 0 Å². The Morgan fingerprint density at radius 2 is 2.29 bits per heavy atom. The van der Waals surface area contributed by atoms with Crippen LogP contribution in [0.3, 0.4) is 0 Å². The lowest BCUT2D eigenvalue weighted by Gasteiger charge is -2.00. The summed E-state index contributed by atoms with van der Waals surface area (Å²) in [7, 11) is 0. The molecule has 0 radical (unpaired) electrons. The van der Waals surface area contributed by atoms with Gasteiger partial charge in [0.05, 0.1) is 0 Å². The highest BCUT2D eigenvalue weighted by molar-refractivity contribution is 9.09. The van der Waals surface area contributed by atoms with Crippen molar-refractivity contribution in [2.45, 2.75) is 13.3 Å². The Labute approximate surface area is 52.9 Å². The van der Waals surface area contributed by atoms with Gasteiger partial charge in [0, 0.05) is 11.9 Å². The van der Waals surface area contributed by atoms with Crippen LogP contribution >= 0.6 is 15.9 Å². The zero-order valence-electron chi connectivity index (χ0n) is 4.52. The molecular formula is C5H11BrO. The zero-order valence-corrected chi connectivity index (χ0v) is 6.11. The maximum Gasteiger partial charge on any atom is 0.0433 e. The smallest absolute Gasteiger partial charge is 0.0433 e. The van der Waals surface area contributed by atoms with E-state index in [1.165, 1.54) is 0 Å². The molecule has 1 atom stereocenters. The monoisotopic (exact) mass is 166 g/mol. The Kier molecular flexibility index (Phi) is 4.88. The zero-order chi connectivity index (χ0) is 5.70. The molecule has 7 heavy (non-hydrogen) atoms. The first-order chi connectivity index (χ1) is 3.31. The van der Waals surface area contributed by atoms with E-state index in [4.69, 9.17) is 5.11 Å². The molecule has 0 spiro atoms. The van der Waals surface area contributed by atoms with Crippen molar-refractivity contribution in [3.63, 3.8) is 0 Å². The van der Waals surface area contributed by atoms with Crippen LogP contribution in [0.4, 0.5) is 0 Å². The van der Waals surface area contributed by atoms with E-state index < -0.39 is 0 Å². The largest absolute Gasteiger partial charge is 0.396 e. The normalized spacial score (nSPS) is 14.1. The number of rotatable bonds is 3. The summed E-state index contributed by atoms with van der Waals surface area (Å²) in [6.07, 6.45) is 0.908. The molecule has 1 nitrogen and oxygen atoms in total. The van der Waals surface area contributed by atoms with E-state index in [-0.39, 0.29) is 0 Å². The predicted molar refractivity (Wildman–Crippen MR) is 34.7 cm³/mol. The molecule has 0 aliphatic rings. The van der Waals surface area contributed by atoms with Gasteiger partial charge in [-0.15, -0.1) is 0 Å². The van der Waals surface area contributed by atoms with E-state index in [0.717, 1.165) is 11.8 Å². The summed E-state index contributed by atoms with van der Waals surface area (Å²) < 4.78 is 0. The topological polar surface area (TPSA) is 20.2 Å². The van der Waals surface area contributed by atoms with Crippen LogP contribution in [0.25, 0.3) is 0 Å². The van der Waals surface area contributed by atoms with Gasteiger partial charge < -0.3 is 5.11 Å². The fourth-order valence-electron chi connectivity index (χ4n) is 0.298. The third kappa shape index (κ3) is 4.29. The molecule has 0 saturated heterocycles. The molecule has 2 heteroatoms. The summed E-state index contributed by atoms with van der Waals surface area (Å²) in [5.41, 5.74) is 0. The number of aliphatic hydroxyl groups is 1. The summed E-state index contributed by atoms with van der Waals surface area (Å²) >= 11 is 3.30. The maximum atomic E-state index is 8.35. The van der Waals surface area contributed by atoms with E-state index in [2.05, 4.69) is 22.9 Å². The van der Waals surface area contributed by atoms with E-state index in [0.29, 0.717) is 12.5 Å². The van der Waals surface area contributed by atoms with Crippen molar-refractivity contribution in [1.82, 2.24) is 0 Å². The van der Waals surface area contributed by atoms with Crippen molar-refractivity contribution in [3.8, 4) is 0 Å². The van der Waals surface area contributed by atoms with Gasteiger partial charge in [-0.3, -0.25) is 0 Å². The number of halogens is 1. The summed E-state index contributed by atoms with van der Waals surface area (Å²) in [4.78, 5) is 0. The summed E-state index contributed by atoms with van der Waals surface area (Å²) in [6.45, 7) is 2.41. The Morgan fingerprint density at radius 1 is 1.71 bits per heavy atom. The molecule has 1 N–H and O–H groups in total. The number of hydrogen-bond acceptors (Lipinski definition) is 1. The molecule has 44 valence electrons. The minimum Gasteiger partial charge on any atom is -0.396 e. The molecule has 0 bridgehead atoms. The maximum absolute atomic E-state index is 8.35. The van der Waals surface area contributed by atoms with Crippen LogP contribution in [0.2, 0.25) is 0 Å². The second-order valence-electron chi connectivity index (χ2n) is 1.77. The molecule has 0 saturated carbocycles. The second kappa shape index (κ2) is 4.60. The molecule has 0 aromatic heterocycles. The third-order valence-electron chi connectivity index (χ3n) is 0.885. The molecule has 1 unspecified atom stereocenters. The van der Waals surface area contributed by atoms with Gasteiger partial charge in [0.2, 0.25) is 0 Å². The first-order valence-corrected chi connectivity index (χ1v) is 3.60. The van der Waals surface area contributed by atoms with Gasteiger partial charge in [0.1, 0.15) is 0 Å². The van der Waals surface area contributed by atoms with Crippen LogP contribution in [0, 0.1) is 5.92 Å². The SMILES string of the molecule is CC(CBr)CCO. The van der Waals surface area contributed by atoms with Gasteiger partial charge in [-0.05, 0) is 12.3 Å². The van der Waals surface area contributed by atoms with Crippen LogP contribution in [0.15, 0.2) is 0 Å².